The van der Waals surface area contributed by atoms with Gasteiger partial charge in [-0.05, 0) is 24.1 Å². The van der Waals surface area contributed by atoms with Crippen LogP contribution in [0.25, 0.3) is 0 Å². The molecule has 0 aromatic heterocycles. The molecule has 0 atom stereocenters. The van der Waals surface area contributed by atoms with Crippen LogP contribution in [0.5, 0.6) is 0 Å². The smallest absolute Gasteiger partial charge is 0.409 e. The van der Waals surface area contributed by atoms with E-state index in [2.05, 4.69) is 12.1 Å². The summed E-state index contributed by atoms with van der Waals surface area (Å²) in [5, 5.41) is 21.8. The van der Waals surface area contributed by atoms with Gasteiger partial charge in [0.15, 0.2) is 5.70 Å². The van der Waals surface area contributed by atoms with Gasteiger partial charge in [0.2, 0.25) is 0 Å². The summed E-state index contributed by atoms with van der Waals surface area (Å²) in [7, 11) is 0. The Kier molecular flexibility index (Phi) is 14.2. The molecule has 0 aromatic carbocycles. The van der Waals surface area contributed by atoms with Gasteiger partial charge in [-0.15, -0.1) is 4.91 Å². The summed E-state index contributed by atoms with van der Waals surface area (Å²) in [6, 6.07) is 0. The molecule has 0 aromatic rings. The van der Waals surface area contributed by atoms with Crippen LogP contribution in [-0.4, -0.2) is 16.0 Å². The molecule has 0 spiro atoms. The number of aliphatic carboxylic acids is 1. The summed E-state index contributed by atoms with van der Waals surface area (Å²) in [6.07, 6.45) is 16.8. The summed E-state index contributed by atoms with van der Waals surface area (Å²) in [5.41, 5.74) is -1.84. The molecule has 0 amide bonds. The van der Waals surface area contributed by atoms with Crippen LogP contribution in [-0.2, 0) is 4.79 Å². The first-order valence-corrected chi connectivity index (χ1v) is 9.16. The Hall–Kier alpha value is -2.05. The molecule has 0 aliphatic heterocycles. The van der Waals surface area contributed by atoms with Crippen molar-refractivity contribution < 1.29 is 14.8 Å². The summed E-state index contributed by atoms with van der Waals surface area (Å²) < 4.78 is 0. The van der Waals surface area contributed by atoms with Crippen molar-refractivity contribution in [1.29, 1.82) is 0 Å². The molecule has 0 saturated heterocycles. The highest BCUT2D eigenvalue weighted by atomic mass is 16.6. The van der Waals surface area contributed by atoms with Crippen LogP contribution in [0.4, 0.5) is 0 Å². The number of hydrogen-bond acceptors (Lipinski definition) is 5. The van der Waals surface area contributed by atoms with Crippen LogP contribution < -0.4 is 0 Å². The summed E-state index contributed by atoms with van der Waals surface area (Å²) >= 11 is 0. The number of allylic oxidation sites excluding steroid dienone is 2. The molecule has 1 N–H and O–H groups in total. The minimum atomic E-state index is -1.76. The predicted octanol–water partition coefficient (Wildman–Crippen LogP) is 5.58. The van der Waals surface area contributed by atoms with Gasteiger partial charge in [-0.1, -0.05) is 77.2 Å². The van der Waals surface area contributed by atoms with Gasteiger partial charge in [-0.25, -0.2) is 4.79 Å². The summed E-state index contributed by atoms with van der Waals surface area (Å²) in [5.74, 6) is -1.76. The topological polar surface area (TPSA) is 110 Å². The van der Waals surface area contributed by atoms with E-state index in [9.17, 15) is 19.8 Å². The molecule has 25 heavy (non-hydrogen) atoms. The number of carboxylic acids is 1. The van der Waals surface area contributed by atoms with Crippen molar-refractivity contribution in [2.24, 2.45) is 5.18 Å². The average molecular weight is 354 g/mol. The normalized spacial score (nSPS) is 12.2. The van der Waals surface area contributed by atoms with Gasteiger partial charge in [0.25, 0.3) is 0 Å². The fourth-order valence-corrected chi connectivity index (χ4v) is 2.56. The molecule has 0 aliphatic carbocycles. The van der Waals surface area contributed by atoms with Gasteiger partial charge >= 0.3 is 11.7 Å². The fraction of sp³-hybridized carbons (Fsp3) is 0.722. The lowest BCUT2D eigenvalue weighted by Gasteiger charge is -2.01. The third kappa shape index (κ3) is 12.0. The lowest BCUT2D eigenvalue weighted by molar-refractivity contribution is -0.421. The maximum atomic E-state index is 10.7. The van der Waals surface area contributed by atoms with Gasteiger partial charge in [0.05, 0.1) is 4.92 Å². The van der Waals surface area contributed by atoms with E-state index in [0.717, 1.165) is 25.3 Å². The number of unbranched alkanes of at least 4 members (excludes halogenated alkanes) is 11. The molecule has 7 nitrogen and oxygen atoms in total. The lowest BCUT2D eigenvalue weighted by atomic mass is 10.1. The van der Waals surface area contributed by atoms with E-state index in [0.29, 0.717) is 6.42 Å². The maximum absolute atomic E-state index is 10.7. The van der Waals surface area contributed by atoms with Crippen molar-refractivity contribution in [3.05, 3.63) is 38.6 Å². The molecular weight excluding hydrogens is 324 g/mol. The highest BCUT2D eigenvalue weighted by Gasteiger charge is 2.26. The number of hydrogen-bond donors (Lipinski definition) is 1. The molecule has 142 valence electrons. The Bertz CT molecular complexity index is 456. The van der Waals surface area contributed by atoms with Gasteiger partial charge < -0.3 is 5.11 Å². The monoisotopic (exact) mass is 354 g/mol. The van der Waals surface area contributed by atoms with E-state index < -0.39 is 22.3 Å². The zero-order chi connectivity index (χ0) is 18.9. The van der Waals surface area contributed by atoms with Crippen molar-refractivity contribution in [3.8, 4) is 0 Å². The summed E-state index contributed by atoms with van der Waals surface area (Å²) in [6.45, 7) is 2.22. The van der Waals surface area contributed by atoms with Crippen LogP contribution in [0.15, 0.2) is 28.7 Å². The Morgan fingerprint density at radius 1 is 1.00 bits per heavy atom. The highest BCUT2D eigenvalue weighted by Crippen LogP contribution is 2.13. The second kappa shape index (κ2) is 15.5. The maximum Gasteiger partial charge on any atom is 0.409 e. The van der Waals surface area contributed by atoms with E-state index in [1.165, 1.54) is 51.4 Å². The van der Waals surface area contributed by atoms with Crippen LogP contribution >= 0.6 is 0 Å². The molecule has 0 radical (unpaired) electrons. The average Bonchev–Trinajstić information content (AvgIpc) is 2.57. The Morgan fingerprint density at radius 3 is 1.88 bits per heavy atom. The third-order valence-corrected chi connectivity index (χ3v) is 3.98. The van der Waals surface area contributed by atoms with Crippen molar-refractivity contribution in [1.82, 2.24) is 0 Å². The Balaban J connectivity index is 3.84. The second-order valence-electron chi connectivity index (χ2n) is 6.11. The van der Waals surface area contributed by atoms with E-state index in [1.807, 2.05) is 0 Å². The first-order chi connectivity index (χ1) is 12.0. The van der Waals surface area contributed by atoms with Crippen molar-refractivity contribution in [2.75, 3.05) is 0 Å². The fourth-order valence-electron chi connectivity index (χ4n) is 2.56. The Morgan fingerprint density at radius 2 is 1.48 bits per heavy atom. The number of carboxylic acid groups (broad SMARTS) is 1. The molecule has 7 heteroatoms. The van der Waals surface area contributed by atoms with Crippen LogP contribution in [0.3, 0.4) is 0 Å². The van der Waals surface area contributed by atoms with E-state index in [-0.39, 0.29) is 0 Å². The standard InChI is InChI=1S/C18H30N2O5/c1-2-3-4-5-6-7-8-9-10-11-12-13-14-15-16(19-23)17(18(21)22)20(24)25/h14-15H,2-13H2,1H3,(H,21,22). The van der Waals surface area contributed by atoms with E-state index >= 15 is 0 Å². The summed E-state index contributed by atoms with van der Waals surface area (Å²) in [4.78, 5) is 30.8. The zero-order valence-electron chi connectivity index (χ0n) is 15.1. The number of rotatable bonds is 16. The quantitative estimate of drug-likeness (QED) is 0.0971. The molecule has 0 rings (SSSR count). The molecule has 0 heterocycles. The van der Waals surface area contributed by atoms with Crippen LogP contribution in [0.1, 0.15) is 84.0 Å². The number of nitroso groups, excluding NO2 is 1. The molecule has 0 unspecified atom stereocenters. The lowest BCUT2D eigenvalue weighted by Crippen LogP contribution is -2.12. The molecule has 0 bridgehead atoms. The first kappa shape index (κ1) is 22.9. The number of nitrogens with zero attached hydrogens (tertiary/aromatic N) is 2. The van der Waals surface area contributed by atoms with Crippen molar-refractivity contribution in [2.45, 2.75) is 84.0 Å². The third-order valence-electron chi connectivity index (χ3n) is 3.98. The minimum absolute atomic E-state index is 0.640. The van der Waals surface area contributed by atoms with Crippen LogP contribution in [0, 0.1) is 15.0 Å². The van der Waals surface area contributed by atoms with Gasteiger partial charge in [-0.2, -0.15) is 0 Å². The number of nitro groups is 1. The highest BCUT2D eigenvalue weighted by molar-refractivity contribution is 5.85. The Labute approximate surface area is 149 Å². The first-order valence-electron chi connectivity index (χ1n) is 9.16. The van der Waals surface area contributed by atoms with Gasteiger partial charge in [0, 0.05) is 0 Å². The molecular formula is C18H30N2O5. The predicted molar refractivity (Wildman–Crippen MR) is 97.7 cm³/mol. The van der Waals surface area contributed by atoms with Gasteiger partial charge in [0.1, 0.15) is 0 Å². The zero-order valence-corrected chi connectivity index (χ0v) is 15.1. The molecule has 0 aliphatic rings. The van der Waals surface area contributed by atoms with Gasteiger partial charge in [-0.3, -0.25) is 10.1 Å². The molecule has 0 saturated carbocycles. The van der Waals surface area contributed by atoms with Crippen molar-refractivity contribution in [3.63, 3.8) is 0 Å². The van der Waals surface area contributed by atoms with E-state index in [4.69, 9.17) is 5.11 Å². The second-order valence-corrected chi connectivity index (χ2v) is 6.11. The number of carbonyl (C=O) groups is 1. The SMILES string of the molecule is CCCCCCCCCCCCCC=CC(N=O)=C(C(=O)O)[N+](=O)[O-]. The van der Waals surface area contributed by atoms with E-state index in [1.54, 1.807) is 6.08 Å². The van der Waals surface area contributed by atoms with Crippen LogP contribution in [0.2, 0.25) is 0 Å². The molecule has 0 fully saturated rings. The largest absolute Gasteiger partial charge is 0.473 e. The minimum Gasteiger partial charge on any atom is -0.473 e. The van der Waals surface area contributed by atoms with Crippen molar-refractivity contribution >= 4 is 5.97 Å².